The second kappa shape index (κ2) is 7.27. The SMILES string of the molecule is CCCCC(=O)N1C(c2ccc(Br)cc2)OC(=O)C1C(C)C. The van der Waals surface area contributed by atoms with Crippen molar-refractivity contribution in [3.05, 3.63) is 34.3 Å². The Morgan fingerprint density at radius 3 is 2.50 bits per heavy atom. The van der Waals surface area contributed by atoms with E-state index in [0.29, 0.717) is 6.42 Å². The highest BCUT2D eigenvalue weighted by molar-refractivity contribution is 9.10. The van der Waals surface area contributed by atoms with E-state index in [9.17, 15) is 9.59 Å². The zero-order valence-electron chi connectivity index (χ0n) is 13.2. The number of unbranched alkanes of at least 4 members (excludes halogenated alkanes) is 1. The predicted octanol–water partition coefficient (Wildman–Crippen LogP) is 4.05. The first-order chi connectivity index (χ1) is 10.5. The van der Waals surface area contributed by atoms with Gasteiger partial charge >= 0.3 is 5.97 Å². The minimum Gasteiger partial charge on any atom is -0.435 e. The van der Waals surface area contributed by atoms with Gasteiger partial charge in [-0.3, -0.25) is 9.69 Å². The third-order valence-corrected chi connectivity index (χ3v) is 4.37. The molecule has 0 radical (unpaired) electrons. The molecule has 1 amide bonds. The molecule has 120 valence electrons. The van der Waals surface area contributed by atoms with Gasteiger partial charge in [0, 0.05) is 16.5 Å². The quantitative estimate of drug-likeness (QED) is 0.737. The highest BCUT2D eigenvalue weighted by atomic mass is 79.9. The van der Waals surface area contributed by atoms with E-state index < -0.39 is 12.3 Å². The molecule has 0 saturated carbocycles. The summed E-state index contributed by atoms with van der Waals surface area (Å²) in [7, 11) is 0. The van der Waals surface area contributed by atoms with Crippen LogP contribution < -0.4 is 0 Å². The maximum atomic E-state index is 12.6. The summed E-state index contributed by atoms with van der Waals surface area (Å²) in [4.78, 5) is 26.5. The maximum Gasteiger partial charge on any atom is 0.331 e. The van der Waals surface area contributed by atoms with Crippen molar-refractivity contribution in [3.8, 4) is 0 Å². The van der Waals surface area contributed by atoms with Gasteiger partial charge in [0.25, 0.3) is 0 Å². The summed E-state index contributed by atoms with van der Waals surface area (Å²) < 4.78 is 6.47. The van der Waals surface area contributed by atoms with Crippen LogP contribution >= 0.6 is 15.9 Å². The standard InChI is InChI=1S/C17H22BrNO3/c1-4-5-6-14(20)19-15(11(2)3)17(21)22-16(19)12-7-9-13(18)10-8-12/h7-11,15-16H,4-6H2,1-3H3. The normalized spacial score (nSPS) is 21.3. The summed E-state index contributed by atoms with van der Waals surface area (Å²) in [6.45, 7) is 5.93. The molecule has 0 aromatic heterocycles. The lowest BCUT2D eigenvalue weighted by Crippen LogP contribution is -2.42. The van der Waals surface area contributed by atoms with Gasteiger partial charge in [0.15, 0.2) is 0 Å². The molecule has 2 unspecified atom stereocenters. The van der Waals surface area contributed by atoms with Crippen molar-refractivity contribution in [1.82, 2.24) is 4.90 Å². The Morgan fingerprint density at radius 2 is 1.95 bits per heavy atom. The third kappa shape index (κ3) is 3.51. The van der Waals surface area contributed by atoms with Crippen LogP contribution in [0.15, 0.2) is 28.7 Å². The zero-order valence-corrected chi connectivity index (χ0v) is 14.8. The lowest BCUT2D eigenvalue weighted by Gasteiger charge is -2.28. The smallest absolute Gasteiger partial charge is 0.331 e. The molecule has 1 aromatic rings. The molecule has 0 aliphatic carbocycles. The average molecular weight is 368 g/mol. The van der Waals surface area contributed by atoms with Gasteiger partial charge in [-0.15, -0.1) is 0 Å². The predicted molar refractivity (Wildman–Crippen MR) is 88.0 cm³/mol. The van der Waals surface area contributed by atoms with Crippen LogP contribution in [0.1, 0.15) is 51.8 Å². The van der Waals surface area contributed by atoms with Crippen molar-refractivity contribution in [2.75, 3.05) is 0 Å². The first-order valence-electron chi connectivity index (χ1n) is 7.72. The molecular formula is C17H22BrNO3. The first kappa shape index (κ1) is 17.0. The van der Waals surface area contributed by atoms with Crippen LogP contribution in [-0.4, -0.2) is 22.8 Å². The number of ether oxygens (including phenoxy) is 1. The van der Waals surface area contributed by atoms with Gasteiger partial charge in [0.1, 0.15) is 6.04 Å². The van der Waals surface area contributed by atoms with Crippen LogP contribution in [0.25, 0.3) is 0 Å². The lowest BCUT2D eigenvalue weighted by atomic mass is 10.0. The Balaban J connectivity index is 2.32. The number of carbonyl (C=O) groups is 2. The summed E-state index contributed by atoms with van der Waals surface area (Å²) in [6.07, 6.45) is 1.60. The van der Waals surface area contributed by atoms with E-state index >= 15 is 0 Å². The molecule has 1 fully saturated rings. The molecule has 22 heavy (non-hydrogen) atoms. The van der Waals surface area contributed by atoms with Crippen molar-refractivity contribution in [2.24, 2.45) is 5.92 Å². The summed E-state index contributed by atoms with van der Waals surface area (Å²) in [5.41, 5.74) is 0.824. The van der Waals surface area contributed by atoms with E-state index in [0.717, 1.165) is 22.9 Å². The van der Waals surface area contributed by atoms with E-state index in [4.69, 9.17) is 4.74 Å². The largest absolute Gasteiger partial charge is 0.435 e. The first-order valence-corrected chi connectivity index (χ1v) is 8.52. The minimum absolute atomic E-state index is 0.0145. The van der Waals surface area contributed by atoms with Crippen LogP contribution in [-0.2, 0) is 14.3 Å². The number of carbonyl (C=O) groups excluding carboxylic acids is 2. The van der Waals surface area contributed by atoms with Crippen LogP contribution in [0.3, 0.4) is 0 Å². The number of esters is 1. The van der Waals surface area contributed by atoms with Gasteiger partial charge in [0.2, 0.25) is 12.1 Å². The molecule has 0 spiro atoms. The molecule has 1 aliphatic heterocycles. The number of hydrogen-bond donors (Lipinski definition) is 0. The fraction of sp³-hybridized carbons (Fsp3) is 0.529. The molecule has 1 aromatic carbocycles. The molecular weight excluding hydrogens is 346 g/mol. The van der Waals surface area contributed by atoms with Gasteiger partial charge in [-0.1, -0.05) is 55.3 Å². The van der Waals surface area contributed by atoms with E-state index in [1.165, 1.54) is 0 Å². The van der Waals surface area contributed by atoms with Crippen LogP contribution in [0, 0.1) is 5.92 Å². The van der Waals surface area contributed by atoms with Crippen LogP contribution in [0.2, 0.25) is 0 Å². The molecule has 4 nitrogen and oxygen atoms in total. The Kier molecular flexibility index (Phi) is 5.62. The van der Waals surface area contributed by atoms with Gasteiger partial charge in [-0.25, -0.2) is 4.79 Å². The maximum absolute atomic E-state index is 12.6. The number of amides is 1. The molecule has 2 rings (SSSR count). The van der Waals surface area contributed by atoms with Crippen LogP contribution in [0.4, 0.5) is 0 Å². The molecule has 5 heteroatoms. The second-order valence-electron chi connectivity index (χ2n) is 5.93. The van der Waals surface area contributed by atoms with Crippen molar-refractivity contribution in [2.45, 2.75) is 52.3 Å². The second-order valence-corrected chi connectivity index (χ2v) is 6.85. The number of hydrogen-bond acceptors (Lipinski definition) is 3. The minimum atomic E-state index is -0.614. The average Bonchev–Trinajstić information content (AvgIpc) is 2.83. The van der Waals surface area contributed by atoms with E-state index in [2.05, 4.69) is 15.9 Å². The van der Waals surface area contributed by atoms with Gasteiger partial charge in [0.05, 0.1) is 0 Å². The van der Waals surface area contributed by atoms with Crippen molar-refractivity contribution in [1.29, 1.82) is 0 Å². The van der Waals surface area contributed by atoms with Crippen molar-refractivity contribution >= 4 is 27.8 Å². The Hall–Kier alpha value is -1.36. The Bertz CT molecular complexity index is 541. The number of rotatable bonds is 5. The number of benzene rings is 1. The molecule has 0 bridgehead atoms. The fourth-order valence-corrected chi connectivity index (χ4v) is 2.95. The highest BCUT2D eigenvalue weighted by Gasteiger charge is 2.46. The molecule has 2 atom stereocenters. The molecule has 1 heterocycles. The van der Waals surface area contributed by atoms with Gasteiger partial charge in [-0.2, -0.15) is 0 Å². The molecule has 1 saturated heterocycles. The van der Waals surface area contributed by atoms with Gasteiger partial charge in [-0.05, 0) is 24.5 Å². The number of nitrogens with zero attached hydrogens (tertiary/aromatic N) is 1. The Labute approximate surface area is 140 Å². The monoisotopic (exact) mass is 367 g/mol. The highest BCUT2D eigenvalue weighted by Crippen LogP contribution is 2.35. The summed E-state index contributed by atoms with van der Waals surface area (Å²) in [5, 5.41) is 0. The third-order valence-electron chi connectivity index (χ3n) is 3.84. The Morgan fingerprint density at radius 1 is 1.32 bits per heavy atom. The zero-order chi connectivity index (χ0) is 16.3. The summed E-state index contributed by atoms with van der Waals surface area (Å²) in [6, 6.07) is 7.04. The van der Waals surface area contributed by atoms with Gasteiger partial charge < -0.3 is 4.74 Å². The van der Waals surface area contributed by atoms with E-state index in [1.807, 2.05) is 45.0 Å². The fourth-order valence-electron chi connectivity index (χ4n) is 2.69. The van der Waals surface area contributed by atoms with E-state index in [-0.39, 0.29) is 17.8 Å². The molecule has 1 aliphatic rings. The molecule has 0 N–H and O–H groups in total. The van der Waals surface area contributed by atoms with Crippen molar-refractivity contribution in [3.63, 3.8) is 0 Å². The van der Waals surface area contributed by atoms with Crippen molar-refractivity contribution < 1.29 is 14.3 Å². The lowest BCUT2D eigenvalue weighted by molar-refractivity contribution is -0.144. The van der Waals surface area contributed by atoms with Crippen LogP contribution in [0.5, 0.6) is 0 Å². The summed E-state index contributed by atoms with van der Waals surface area (Å²) in [5.74, 6) is -0.300. The topological polar surface area (TPSA) is 46.6 Å². The van der Waals surface area contributed by atoms with E-state index in [1.54, 1.807) is 4.90 Å². The number of cyclic esters (lactones) is 1. The number of halogens is 1. The summed E-state index contributed by atoms with van der Waals surface area (Å²) >= 11 is 3.39.